The van der Waals surface area contributed by atoms with Crippen molar-refractivity contribution in [3.63, 3.8) is 0 Å². The first kappa shape index (κ1) is 65.0. The second-order valence-electron chi connectivity index (χ2n) is 24.1. The lowest BCUT2D eigenvalue weighted by molar-refractivity contribution is -0.120. The number of carbonyl (C=O) groups excluding carboxylic acids is 2. The van der Waals surface area contributed by atoms with Gasteiger partial charge in [-0.1, -0.05) is 60.7 Å². The Kier molecular flexibility index (Phi) is 18.5. The van der Waals surface area contributed by atoms with Crippen molar-refractivity contribution >= 4 is 45.3 Å². The fraction of sp³-hybridized carbons (Fsp3) is 0.250. The van der Waals surface area contributed by atoms with E-state index in [0.717, 1.165) is 58.3 Å². The monoisotopic (exact) mass is 1290 g/mol. The molecule has 0 spiro atoms. The summed E-state index contributed by atoms with van der Waals surface area (Å²) in [5.74, 6) is -2.38. The molecule has 1 amide bonds. The molecule has 0 saturated heterocycles. The van der Waals surface area contributed by atoms with Crippen molar-refractivity contribution in [3.8, 4) is 39.5 Å². The lowest BCUT2D eigenvalue weighted by atomic mass is 9.73. The largest absolute Gasteiger partial charge is 0.507 e. The third-order valence-electron chi connectivity index (χ3n) is 18.8. The quantitative estimate of drug-likeness (QED) is 0.0290. The van der Waals surface area contributed by atoms with Crippen LogP contribution in [0.3, 0.4) is 0 Å². The predicted molar refractivity (Wildman–Crippen MR) is 350 cm³/mol. The molecule has 2 atom stereocenters. The number of aliphatic hydroxyl groups is 6. The number of aliphatic hydroxyl groups excluding tert-OH is 6. The normalized spacial score (nSPS) is 15.1. The van der Waals surface area contributed by atoms with E-state index in [9.17, 15) is 64.4 Å². The molecule has 13 N–H and O–H groups in total. The highest BCUT2D eigenvalue weighted by atomic mass is 19.1. The number of hydrogen-bond acceptors (Lipinski definition) is 18. The van der Waals surface area contributed by atoms with Gasteiger partial charge in [0.15, 0.2) is 11.6 Å². The summed E-state index contributed by atoms with van der Waals surface area (Å²) in [4.78, 5) is 52.6. The summed E-state index contributed by atoms with van der Waals surface area (Å²) in [5.41, 5.74) is 19.6. The van der Waals surface area contributed by atoms with Gasteiger partial charge in [-0.2, -0.15) is 10.2 Å². The lowest BCUT2D eigenvalue weighted by Gasteiger charge is -2.42. The number of amides is 1. The number of phenols is 2. The molecule has 14 rings (SSSR count). The van der Waals surface area contributed by atoms with Gasteiger partial charge in [0.05, 0.1) is 67.4 Å². The maximum absolute atomic E-state index is 15.3. The summed E-state index contributed by atoms with van der Waals surface area (Å²) in [7, 11) is 4.06. The number of aromatic nitrogens is 4. The number of nitrogens with one attached hydrogen (secondary N) is 3. The number of nitrogens with zero attached hydrogens (tertiary/aromatic N) is 4. The molecule has 21 nitrogen and oxygen atoms in total. The van der Waals surface area contributed by atoms with Gasteiger partial charge in [-0.15, -0.1) is 0 Å². The first-order valence-corrected chi connectivity index (χ1v) is 30.8. The molecule has 0 radical (unpaired) electrons. The molecule has 0 bridgehead atoms. The second kappa shape index (κ2) is 27.1. The van der Waals surface area contributed by atoms with Gasteiger partial charge in [-0.25, -0.2) is 19.0 Å². The summed E-state index contributed by atoms with van der Waals surface area (Å²) in [6.07, 6.45) is 3.22. The zero-order valence-electron chi connectivity index (χ0n) is 51.8. The minimum Gasteiger partial charge on any atom is -0.507 e. The van der Waals surface area contributed by atoms with Crippen LogP contribution in [0.15, 0.2) is 119 Å². The van der Waals surface area contributed by atoms with Gasteiger partial charge >= 0.3 is 0 Å². The molecule has 2 aliphatic carbocycles. The number of ether oxygens (including phenoxy) is 1. The number of benzene rings is 8. The molecule has 2 unspecified atom stereocenters. The molecule has 4 aliphatic rings. The Morgan fingerprint density at radius 3 is 1.56 bits per heavy atom. The van der Waals surface area contributed by atoms with Gasteiger partial charge in [-0.05, 0) is 166 Å². The maximum Gasteiger partial charge on any atom is 0.298 e. The van der Waals surface area contributed by atoms with Crippen molar-refractivity contribution in [2.75, 3.05) is 38.2 Å². The minimum atomic E-state index is -0.738. The molecule has 0 saturated carbocycles. The number of halogens is 2. The van der Waals surface area contributed by atoms with Crippen LogP contribution in [0.4, 0.5) is 20.2 Å². The van der Waals surface area contributed by atoms with Gasteiger partial charge in [0.1, 0.15) is 17.3 Å². The summed E-state index contributed by atoms with van der Waals surface area (Å²) in [6, 6.07) is 29.6. The van der Waals surface area contributed by atoms with Crippen molar-refractivity contribution in [2.24, 2.45) is 0 Å². The fourth-order valence-electron chi connectivity index (χ4n) is 14.1. The molecule has 23 heteroatoms. The average Bonchev–Trinajstić information content (AvgIpc) is 0.723. The molecule has 8 aromatic carbocycles. The lowest BCUT2D eigenvalue weighted by Crippen LogP contribution is -2.36. The third-order valence-corrected chi connectivity index (χ3v) is 18.8. The molecule has 10 aromatic rings. The van der Waals surface area contributed by atoms with Gasteiger partial charge < -0.3 is 56.6 Å². The Labute approximate surface area is 541 Å². The van der Waals surface area contributed by atoms with Crippen molar-refractivity contribution in [2.45, 2.75) is 90.2 Å². The van der Waals surface area contributed by atoms with Crippen LogP contribution in [0.2, 0.25) is 0 Å². The highest BCUT2D eigenvalue weighted by Crippen LogP contribution is 2.55. The Balaban J connectivity index is 0.000000151. The summed E-state index contributed by atoms with van der Waals surface area (Å²) < 4.78 is 33.3. The zero-order chi connectivity index (χ0) is 67.1. The number of rotatable bonds is 14. The predicted octanol–water partition coefficient (Wildman–Crippen LogP) is 7.23. The minimum absolute atomic E-state index is 0.00960. The van der Waals surface area contributed by atoms with Gasteiger partial charge in [-0.3, -0.25) is 29.0 Å². The number of likely N-dealkylation sites (N-methyl/N-ethyl adjacent to an activating group) is 2. The number of hydrogen-bond donors (Lipinski definition) is 12. The zero-order valence-corrected chi connectivity index (χ0v) is 51.8. The maximum atomic E-state index is 15.3. The third kappa shape index (κ3) is 12.0. The number of carbonyl (C=O) groups is 2. The topological polar surface area (TPSA) is 341 Å². The highest BCUT2D eigenvalue weighted by Gasteiger charge is 2.40. The summed E-state index contributed by atoms with van der Waals surface area (Å²) >= 11 is 0. The van der Waals surface area contributed by atoms with Crippen molar-refractivity contribution in [1.82, 2.24) is 30.2 Å². The van der Waals surface area contributed by atoms with Crippen LogP contribution in [0.25, 0.3) is 43.8 Å². The van der Waals surface area contributed by atoms with E-state index in [0.29, 0.717) is 126 Å². The smallest absolute Gasteiger partial charge is 0.298 e. The van der Waals surface area contributed by atoms with Crippen molar-refractivity contribution in [1.29, 1.82) is 0 Å². The van der Waals surface area contributed by atoms with E-state index in [-0.39, 0.29) is 90.9 Å². The van der Waals surface area contributed by atoms with Crippen LogP contribution in [0.5, 0.6) is 17.2 Å². The molecule has 0 fully saturated rings. The highest BCUT2D eigenvalue weighted by molar-refractivity contribution is 6.06. The molecular weight excluding hydrogens is 1220 g/mol. The van der Waals surface area contributed by atoms with Crippen LogP contribution in [0.1, 0.15) is 112 Å². The van der Waals surface area contributed by atoms with Crippen LogP contribution >= 0.6 is 0 Å². The Hall–Kier alpha value is -10.1. The van der Waals surface area contributed by atoms with E-state index in [2.05, 4.69) is 47.3 Å². The van der Waals surface area contributed by atoms with Crippen LogP contribution < -0.4 is 26.9 Å². The average molecular weight is 1290 g/mol. The Morgan fingerprint density at radius 1 is 0.600 bits per heavy atom. The van der Waals surface area contributed by atoms with Crippen LogP contribution in [0, 0.1) is 11.6 Å². The Morgan fingerprint density at radius 2 is 1.06 bits per heavy atom. The molecule has 2 aromatic heterocycles. The molecular formula is C72H68F2N8O13. The number of nitrogen functional groups attached to an aromatic ring is 1. The number of fused-ring (bicyclic) bond motifs is 6. The number of anilines is 2. The van der Waals surface area contributed by atoms with Crippen molar-refractivity contribution in [3.05, 3.63) is 236 Å². The van der Waals surface area contributed by atoms with E-state index >= 15 is 4.39 Å². The van der Waals surface area contributed by atoms with Gasteiger partial charge in [0.2, 0.25) is 0 Å². The second-order valence-corrected chi connectivity index (χ2v) is 24.1. The van der Waals surface area contributed by atoms with Gasteiger partial charge in [0.25, 0.3) is 23.5 Å². The first-order chi connectivity index (χ1) is 45.9. The van der Waals surface area contributed by atoms with Crippen molar-refractivity contribution < 1.29 is 64.0 Å². The van der Waals surface area contributed by atoms with E-state index in [1.165, 1.54) is 30.3 Å². The molecule has 488 valence electrons. The van der Waals surface area contributed by atoms with E-state index in [1.54, 1.807) is 60.7 Å². The fourth-order valence-corrected chi connectivity index (χ4v) is 14.1. The van der Waals surface area contributed by atoms with E-state index < -0.39 is 30.8 Å². The molecule has 2 aliphatic heterocycles. The molecule has 95 heavy (non-hydrogen) atoms. The van der Waals surface area contributed by atoms with E-state index in [4.69, 9.17) is 5.73 Å². The standard InChI is InChI=1S/C36H33FN4O6.C20H24N2O4.C16H11FN2O3/c1-41-9-8-19-12-20(15-42)26(17-44)32-31(19)30(41)14-25-28(13-21(16-43)34(45)33(25)32)38-35(46)24-10-18(6-7-27(24)37)11-29-22-4-2-3-5-23(22)36(47)40-39-29;1-22-3-2-10-4-11(7-23)14(9-25)18-17(10)16(22)6-13-15(21)5-12(8-24)20(26)19(13)18;17-13-6-5-10(8-15(13)22-9-20)7-14-11-3-1-2-4-12(11)16(21)19-18-14/h2-7,10,12-13,30,42-45H,8-9,11,14-17H2,1H3,(H,38,46)(H,40,47);4-5,16,23-26H,2-3,6-9,21H2,1H3;1-6,8-9H,7H2,(H,19,21). The number of aromatic amines is 2. The SMILES string of the molecule is CN1CCc2cc(CO)c(CO)c3c2C1Cc1c(N)cc(CO)c(O)c1-3.CN1CCc2cc(CO)c(CO)c3c2C1Cc1c(NC(=O)c2cc(Cc4n[nH]c(=O)c5ccccc45)ccc2F)cc(CO)c(O)c1-3.O=COc1cc(Cc2n[nH]c(=O)c3ccccc23)ccc1F. The first-order valence-electron chi connectivity index (χ1n) is 30.8. The van der Waals surface area contributed by atoms with E-state index in [1.807, 2.05) is 25.2 Å². The Bertz CT molecular complexity index is 4850. The summed E-state index contributed by atoms with van der Waals surface area (Å²) in [5, 5.41) is 101. The number of aromatic hydroxyl groups is 2. The molecule has 4 heterocycles. The summed E-state index contributed by atoms with van der Waals surface area (Å²) in [6.45, 7) is -0.151. The van der Waals surface area contributed by atoms with Gasteiger partial charge in [0, 0.05) is 82.4 Å². The number of nitrogens with two attached hydrogens (primary N) is 1. The van der Waals surface area contributed by atoms with Crippen LogP contribution in [-0.4, -0.2) is 111 Å². The van der Waals surface area contributed by atoms with Crippen LogP contribution in [-0.2, 0) is 83.0 Å². The number of H-pyrrole nitrogens is 2.